The number of carbonyl (C=O) groups excluding carboxylic acids is 1. The smallest absolute Gasteiger partial charge is 0.340 e. The SMILES string of the molecule is CC.COC(=O)c1cc(C)cc(OC)c1N. The summed E-state index contributed by atoms with van der Waals surface area (Å²) in [5.41, 5.74) is 7.26. The fourth-order valence-electron chi connectivity index (χ4n) is 1.21. The number of esters is 1. The molecule has 0 aliphatic heterocycles. The third-order valence-electron chi connectivity index (χ3n) is 1.91. The van der Waals surface area contributed by atoms with E-state index in [0.29, 0.717) is 17.0 Å². The van der Waals surface area contributed by atoms with E-state index in [9.17, 15) is 4.79 Å². The van der Waals surface area contributed by atoms with Crippen molar-refractivity contribution in [3.8, 4) is 5.75 Å². The summed E-state index contributed by atoms with van der Waals surface area (Å²) in [7, 11) is 2.82. The molecule has 0 atom stereocenters. The average Bonchev–Trinajstić information content (AvgIpc) is 2.33. The van der Waals surface area contributed by atoms with Crippen LogP contribution in [0.2, 0.25) is 0 Å². The van der Waals surface area contributed by atoms with E-state index in [1.165, 1.54) is 14.2 Å². The Morgan fingerprint density at radius 3 is 2.25 bits per heavy atom. The standard InChI is InChI=1S/C10H13NO3.C2H6/c1-6-4-7(10(12)14-3)9(11)8(5-6)13-2;1-2/h4-5H,11H2,1-3H3;1-2H3. The molecule has 1 aromatic carbocycles. The Balaban J connectivity index is 0.00000106. The predicted molar refractivity (Wildman–Crippen MR) is 64.8 cm³/mol. The van der Waals surface area contributed by atoms with Gasteiger partial charge in [-0.1, -0.05) is 13.8 Å². The van der Waals surface area contributed by atoms with Gasteiger partial charge >= 0.3 is 5.97 Å². The number of ether oxygens (including phenoxy) is 2. The van der Waals surface area contributed by atoms with Crippen molar-refractivity contribution in [3.63, 3.8) is 0 Å². The maximum atomic E-state index is 11.3. The first-order chi connectivity index (χ1) is 7.60. The molecule has 0 aromatic heterocycles. The number of hydrogen-bond donors (Lipinski definition) is 1. The van der Waals surface area contributed by atoms with Crippen LogP contribution < -0.4 is 10.5 Å². The van der Waals surface area contributed by atoms with E-state index in [2.05, 4.69) is 4.74 Å². The minimum absolute atomic E-state index is 0.310. The van der Waals surface area contributed by atoms with Crippen molar-refractivity contribution >= 4 is 11.7 Å². The number of nitrogen functional groups attached to an aromatic ring is 1. The Kier molecular flexibility index (Phi) is 6.00. The number of aryl methyl sites for hydroxylation is 1. The molecule has 0 spiro atoms. The zero-order valence-electron chi connectivity index (χ0n) is 10.5. The van der Waals surface area contributed by atoms with Crippen molar-refractivity contribution in [1.29, 1.82) is 0 Å². The van der Waals surface area contributed by atoms with Gasteiger partial charge in [0, 0.05) is 0 Å². The third kappa shape index (κ3) is 3.15. The van der Waals surface area contributed by atoms with Crippen LogP contribution in [0.25, 0.3) is 0 Å². The Morgan fingerprint density at radius 2 is 1.81 bits per heavy atom. The monoisotopic (exact) mass is 225 g/mol. The highest BCUT2D eigenvalue weighted by Gasteiger charge is 2.14. The average molecular weight is 225 g/mol. The number of anilines is 1. The van der Waals surface area contributed by atoms with E-state index in [0.717, 1.165) is 5.56 Å². The van der Waals surface area contributed by atoms with Gasteiger partial charge in [-0.25, -0.2) is 4.79 Å². The number of rotatable bonds is 2. The van der Waals surface area contributed by atoms with Crippen LogP contribution in [0.1, 0.15) is 29.8 Å². The number of benzene rings is 1. The van der Waals surface area contributed by atoms with Crippen molar-refractivity contribution in [2.45, 2.75) is 20.8 Å². The Hall–Kier alpha value is -1.71. The molecule has 4 heteroatoms. The van der Waals surface area contributed by atoms with Gasteiger partial charge in [0.2, 0.25) is 0 Å². The molecular formula is C12H19NO3. The zero-order chi connectivity index (χ0) is 12.7. The Bertz CT molecular complexity index is 362. The molecule has 0 fully saturated rings. The minimum Gasteiger partial charge on any atom is -0.495 e. The lowest BCUT2D eigenvalue weighted by Gasteiger charge is -2.09. The maximum absolute atomic E-state index is 11.3. The second-order valence-electron chi connectivity index (χ2n) is 2.92. The molecule has 0 saturated heterocycles. The van der Waals surface area contributed by atoms with Gasteiger partial charge in [0.05, 0.1) is 25.5 Å². The summed E-state index contributed by atoms with van der Waals surface area (Å²) in [6.45, 7) is 5.86. The second kappa shape index (κ2) is 6.71. The first-order valence-electron chi connectivity index (χ1n) is 5.12. The summed E-state index contributed by atoms with van der Waals surface area (Å²) in [6.07, 6.45) is 0. The van der Waals surface area contributed by atoms with Crippen LogP contribution in [0.3, 0.4) is 0 Å². The van der Waals surface area contributed by atoms with Gasteiger partial charge in [-0.05, 0) is 24.6 Å². The van der Waals surface area contributed by atoms with Crippen LogP contribution in [0.4, 0.5) is 5.69 Å². The van der Waals surface area contributed by atoms with Crippen LogP contribution in [-0.4, -0.2) is 20.2 Å². The minimum atomic E-state index is -0.454. The van der Waals surface area contributed by atoms with Crippen molar-refractivity contribution in [2.75, 3.05) is 20.0 Å². The normalized spacial score (nSPS) is 8.81. The molecule has 1 aromatic rings. The van der Waals surface area contributed by atoms with Gasteiger partial charge in [0.25, 0.3) is 0 Å². The van der Waals surface area contributed by atoms with Gasteiger partial charge in [0.15, 0.2) is 0 Å². The summed E-state index contributed by atoms with van der Waals surface area (Å²) < 4.78 is 9.63. The van der Waals surface area contributed by atoms with E-state index in [1.54, 1.807) is 12.1 Å². The molecule has 0 aliphatic rings. The van der Waals surface area contributed by atoms with E-state index in [4.69, 9.17) is 10.5 Å². The quantitative estimate of drug-likeness (QED) is 0.620. The number of hydrogen-bond acceptors (Lipinski definition) is 4. The van der Waals surface area contributed by atoms with Gasteiger partial charge in [-0.3, -0.25) is 0 Å². The zero-order valence-corrected chi connectivity index (χ0v) is 10.5. The molecule has 0 saturated carbocycles. The van der Waals surface area contributed by atoms with E-state index in [1.807, 2.05) is 20.8 Å². The van der Waals surface area contributed by atoms with Crippen LogP contribution in [0, 0.1) is 6.92 Å². The number of nitrogens with two attached hydrogens (primary N) is 1. The van der Waals surface area contributed by atoms with E-state index < -0.39 is 5.97 Å². The number of methoxy groups -OCH3 is 2. The fraction of sp³-hybridized carbons (Fsp3) is 0.417. The Morgan fingerprint density at radius 1 is 1.25 bits per heavy atom. The molecule has 0 heterocycles. The third-order valence-corrected chi connectivity index (χ3v) is 1.91. The maximum Gasteiger partial charge on any atom is 0.340 e. The molecule has 90 valence electrons. The van der Waals surface area contributed by atoms with Crippen molar-refractivity contribution in [3.05, 3.63) is 23.3 Å². The van der Waals surface area contributed by atoms with E-state index in [-0.39, 0.29) is 0 Å². The van der Waals surface area contributed by atoms with Crippen molar-refractivity contribution < 1.29 is 14.3 Å². The van der Waals surface area contributed by atoms with Crippen molar-refractivity contribution in [1.82, 2.24) is 0 Å². The largest absolute Gasteiger partial charge is 0.495 e. The first-order valence-corrected chi connectivity index (χ1v) is 5.12. The summed E-state index contributed by atoms with van der Waals surface area (Å²) >= 11 is 0. The molecule has 1 rings (SSSR count). The molecule has 16 heavy (non-hydrogen) atoms. The summed E-state index contributed by atoms with van der Waals surface area (Å²) in [5.74, 6) is 0.0369. The molecule has 0 radical (unpaired) electrons. The molecule has 2 N–H and O–H groups in total. The lowest BCUT2D eigenvalue weighted by Crippen LogP contribution is -2.07. The highest BCUT2D eigenvalue weighted by atomic mass is 16.5. The highest BCUT2D eigenvalue weighted by Crippen LogP contribution is 2.27. The van der Waals surface area contributed by atoms with Gasteiger partial charge < -0.3 is 15.2 Å². The molecule has 4 nitrogen and oxygen atoms in total. The van der Waals surface area contributed by atoms with Gasteiger partial charge in [-0.2, -0.15) is 0 Å². The van der Waals surface area contributed by atoms with Crippen LogP contribution in [0.15, 0.2) is 12.1 Å². The number of carbonyl (C=O) groups is 1. The van der Waals surface area contributed by atoms with Gasteiger partial charge in [0.1, 0.15) is 5.75 Å². The first kappa shape index (κ1) is 14.3. The molecule has 0 unspecified atom stereocenters. The lowest BCUT2D eigenvalue weighted by molar-refractivity contribution is 0.0601. The summed E-state index contributed by atoms with van der Waals surface area (Å²) in [6, 6.07) is 3.44. The Labute approximate surface area is 96.4 Å². The van der Waals surface area contributed by atoms with Crippen LogP contribution in [0.5, 0.6) is 5.75 Å². The molecule has 0 aliphatic carbocycles. The molecular weight excluding hydrogens is 206 g/mol. The van der Waals surface area contributed by atoms with Gasteiger partial charge in [-0.15, -0.1) is 0 Å². The summed E-state index contributed by atoms with van der Waals surface area (Å²) in [5, 5.41) is 0. The topological polar surface area (TPSA) is 61.5 Å². The lowest BCUT2D eigenvalue weighted by atomic mass is 10.1. The van der Waals surface area contributed by atoms with Crippen molar-refractivity contribution in [2.24, 2.45) is 0 Å². The predicted octanol–water partition coefficient (Wildman–Crippen LogP) is 2.40. The molecule has 0 bridgehead atoms. The molecule has 0 amide bonds. The van der Waals surface area contributed by atoms with Crippen LogP contribution >= 0.6 is 0 Å². The van der Waals surface area contributed by atoms with E-state index >= 15 is 0 Å². The highest BCUT2D eigenvalue weighted by molar-refractivity contribution is 5.96. The summed E-state index contributed by atoms with van der Waals surface area (Å²) in [4.78, 5) is 11.3. The second-order valence-corrected chi connectivity index (χ2v) is 2.92. The fourth-order valence-corrected chi connectivity index (χ4v) is 1.21. The van der Waals surface area contributed by atoms with Crippen LogP contribution in [-0.2, 0) is 4.74 Å².